The Labute approximate surface area is 245 Å². The molecule has 0 unspecified atom stereocenters. The molecular formula is C33H44O7Si. The second-order valence-electron chi connectivity index (χ2n) is 10.5. The zero-order valence-electron chi connectivity index (χ0n) is 24.6. The molecule has 222 valence electrons. The predicted octanol–water partition coefficient (Wildman–Crippen LogP) is 4.49. The minimum atomic E-state index is -2.53. The van der Waals surface area contributed by atoms with E-state index in [-0.39, 0.29) is 17.6 Å². The van der Waals surface area contributed by atoms with Crippen molar-refractivity contribution in [2.75, 3.05) is 66.1 Å². The van der Waals surface area contributed by atoms with Crippen LogP contribution < -0.4 is 10.4 Å². The van der Waals surface area contributed by atoms with Crippen molar-refractivity contribution in [3.05, 3.63) is 96.6 Å². The van der Waals surface area contributed by atoms with Gasteiger partial charge in [-0.2, -0.15) is 0 Å². The molecule has 41 heavy (non-hydrogen) atoms. The standard InChI is InChI=1S/C33H44O7Si/c1-33(2,3)41(30-15-9-5-10-16-30,31-17-11-6-12-18-31)40-28-26-38-24-22-36-20-19-35-21-23-37-25-27-39-32(34)29-13-7-4-8-14-29/h4-18H,19-28H2,1-3H3. The molecule has 0 aliphatic carbocycles. The molecule has 0 aliphatic heterocycles. The fraction of sp³-hybridized carbons (Fsp3) is 0.424. The van der Waals surface area contributed by atoms with Crippen LogP contribution in [0.2, 0.25) is 5.04 Å². The Hall–Kier alpha value is -2.85. The lowest BCUT2D eigenvalue weighted by molar-refractivity contribution is -0.0109. The summed E-state index contributed by atoms with van der Waals surface area (Å²) in [6, 6.07) is 30.1. The highest BCUT2D eigenvalue weighted by Crippen LogP contribution is 2.36. The molecule has 3 rings (SSSR count). The van der Waals surface area contributed by atoms with Crippen LogP contribution in [0.1, 0.15) is 31.1 Å². The van der Waals surface area contributed by atoms with E-state index >= 15 is 0 Å². The van der Waals surface area contributed by atoms with Crippen molar-refractivity contribution in [3.63, 3.8) is 0 Å². The third-order valence-corrected chi connectivity index (χ3v) is 11.6. The van der Waals surface area contributed by atoms with Gasteiger partial charge >= 0.3 is 5.97 Å². The maximum Gasteiger partial charge on any atom is 0.338 e. The van der Waals surface area contributed by atoms with Gasteiger partial charge in [-0.1, -0.05) is 99.6 Å². The molecule has 0 aromatic heterocycles. The minimum absolute atomic E-state index is 0.0565. The highest BCUT2D eigenvalue weighted by molar-refractivity contribution is 6.99. The maximum absolute atomic E-state index is 11.8. The first-order valence-corrected chi connectivity index (χ1v) is 16.1. The molecule has 0 bridgehead atoms. The highest BCUT2D eigenvalue weighted by Gasteiger charge is 2.49. The smallest absolute Gasteiger partial charge is 0.338 e. The lowest BCUT2D eigenvalue weighted by Gasteiger charge is -2.43. The van der Waals surface area contributed by atoms with Crippen molar-refractivity contribution in [1.29, 1.82) is 0 Å². The topological polar surface area (TPSA) is 72.5 Å². The first-order chi connectivity index (χ1) is 19.9. The third-order valence-electron chi connectivity index (χ3n) is 6.55. The van der Waals surface area contributed by atoms with Crippen molar-refractivity contribution in [1.82, 2.24) is 0 Å². The quantitative estimate of drug-likeness (QED) is 0.118. The molecule has 0 N–H and O–H groups in total. The molecule has 8 heteroatoms. The monoisotopic (exact) mass is 580 g/mol. The first-order valence-electron chi connectivity index (χ1n) is 14.2. The van der Waals surface area contributed by atoms with Crippen LogP contribution in [-0.2, 0) is 28.1 Å². The second-order valence-corrected chi connectivity index (χ2v) is 14.8. The van der Waals surface area contributed by atoms with Crippen molar-refractivity contribution in [2.24, 2.45) is 0 Å². The normalized spacial score (nSPS) is 11.9. The number of ether oxygens (including phenoxy) is 5. The molecule has 0 amide bonds. The summed E-state index contributed by atoms with van der Waals surface area (Å²) < 4.78 is 34.4. The lowest BCUT2D eigenvalue weighted by atomic mass is 10.2. The van der Waals surface area contributed by atoms with Crippen LogP contribution in [0.4, 0.5) is 0 Å². The Morgan fingerprint density at radius 3 is 1.32 bits per heavy atom. The number of hydrogen-bond acceptors (Lipinski definition) is 7. The predicted molar refractivity (Wildman–Crippen MR) is 164 cm³/mol. The van der Waals surface area contributed by atoms with E-state index in [0.29, 0.717) is 65.0 Å². The average molecular weight is 581 g/mol. The molecule has 0 radical (unpaired) electrons. The third kappa shape index (κ3) is 10.5. The Kier molecular flexibility index (Phi) is 14.2. The zero-order chi connectivity index (χ0) is 29.2. The molecular weight excluding hydrogens is 536 g/mol. The largest absolute Gasteiger partial charge is 0.460 e. The molecule has 7 nitrogen and oxygen atoms in total. The zero-order valence-corrected chi connectivity index (χ0v) is 25.6. The van der Waals surface area contributed by atoms with Gasteiger partial charge in [0.05, 0.1) is 65.0 Å². The molecule has 0 saturated carbocycles. The van der Waals surface area contributed by atoms with Crippen LogP contribution in [-0.4, -0.2) is 80.4 Å². The van der Waals surface area contributed by atoms with Gasteiger partial charge in [0.25, 0.3) is 8.32 Å². The number of carbonyl (C=O) groups excluding carboxylic acids is 1. The average Bonchev–Trinajstić information content (AvgIpc) is 2.99. The number of hydrogen-bond donors (Lipinski definition) is 0. The van der Waals surface area contributed by atoms with E-state index in [1.807, 2.05) is 18.2 Å². The Morgan fingerprint density at radius 1 is 0.537 bits per heavy atom. The van der Waals surface area contributed by atoms with Gasteiger partial charge in [0.1, 0.15) is 6.61 Å². The van der Waals surface area contributed by atoms with Gasteiger partial charge in [0.2, 0.25) is 0 Å². The summed E-state index contributed by atoms with van der Waals surface area (Å²) in [4.78, 5) is 11.8. The Balaban J connectivity index is 1.23. The van der Waals surface area contributed by atoms with Crippen LogP contribution in [0.25, 0.3) is 0 Å². The van der Waals surface area contributed by atoms with Crippen LogP contribution in [0.15, 0.2) is 91.0 Å². The van der Waals surface area contributed by atoms with Gasteiger partial charge in [-0.25, -0.2) is 4.79 Å². The van der Waals surface area contributed by atoms with Crippen LogP contribution >= 0.6 is 0 Å². The van der Waals surface area contributed by atoms with Gasteiger partial charge in [0.15, 0.2) is 0 Å². The maximum atomic E-state index is 11.8. The highest BCUT2D eigenvalue weighted by atomic mass is 28.4. The van der Waals surface area contributed by atoms with E-state index in [9.17, 15) is 4.79 Å². The van der Waals surface area contributed by atoms with E-state index in [1.165, 1.54) is 10.4 Å². The fourth-order valence-electron chi connectivity index (χ4n) is 4.63. The molecule has 0 spiro atoms. The van der Waals surface area contributed by atoms with Gasteiger partial charge in [-0.3, -0.25) is 0 Å². The van der Waals surface area contributed by atoms with Crippen molar-refractivity contribution >= 4 is 24.7 Å². The Morgan fingerprint density at radius 2 is 0.902 bits per heavy atom. The van der Waals surface area contributed by atoms with E-state index < -0.39 is 8.32 Å². The van der Waals surface area contributed by atoms with Gasteiger partial charge in [-0.05, 0) is 27.5 Å². The van der Waals surface area contributed by atoms with E-state index in [0.717, 1.165) is 0 Å². The summed E-state index contributed by atoms with van der Waals surface area (Å²) in [7, 11) is -2.53. The second kappa shape index (κ2) is 17.8. The minimum Gasteiger partial charge on any atom is -0.460 e. The van der Waals surface area contributed by atoms with E-state index in [1.54, 1.807) is 24.3 Å². The van der Waals surface area contributed by atoms with Gasteiger partial charge in [0, 0.05) is 0 Å². The molecule has 0 fully saturated rings. The fourth-order valence-corrected chi connectivity index (χ4v) is 9.17. The summed E-state index contributed by atoms with van der Waals surface area (Å²) in [6.45, 7) is 11.2. The summed E-state index contributed by atoms with van der Waals surface area (Å²) in [5.74, 6) is -0.349. The van der Waals surface area contributed by atoms with Crippen LogP contribution in [0.3, 0.4) is 0 Å². The molecule has 0 atom stereocenters. The molecule has 0 heterocycles. The first kappa shape index (κ1) is 32.7. The van der Waals surface area contributed by atoms with E-state index in [4.69, 9.17) is 28.1 Å². The number of esters is 1. The van der Waals surface area contributed by atoms with Crippen molar-refractivity contribution in [2.45, 2.75) is 25.8 Å². The number of benzene rings is 3. The van der Waals surface area contributed by atoms with Gasteiger partial charge in [-0.15, -0.1) is 0 Å². The SMILES string of the molecule is CC(C)(C)[Si](OCCOCCOCCOCCOCCOC(=O)c1ccccc1)(c1ccccc1)c1ccccc1. The molecule has 3 aromatic rings. The van der Waals surface area contributed by atoms with Crippen LogP contribution in [0, 0.1) is 0 Å². The van der Waals surface area contributed by atoms with Crippen molar-refractivity contribution < 1.29 is 32.9 Å². The summed E-state index contributed by atoms with van der Waals surface area (Å²) >= 11 is 0. The summed E-state index contributed by atoms with van der Waals surface area (Å²) in [5, 5.41) is 2.47. The molecule has 3 aromatic carbocycles. The van der Waals surface area contributed by atoms with Gasteiger partial charge < -0.3 is 28.1 Å². The van der Waals surface area contributed by atoms with Crippen LogP contribution in [0.5, 0.6) is 0 Å². The molecule has 0 aliphatic rings. The number of carbonyl (C=O) groups is 1. The lowest BCUT2D eigenvalue weighted by Crippen LogP contribution is -2.66. The van der Waals surface area contributed by atoms with E-state index in [2.05, 4.69) is 69.3 Å². The summed E-state index contributed by atoms with van der Waals surface area (Å²) in [6.07, 6.45) is 0. The van der Waals surface area contributed by atoms with Crippen molar-refractivity contribution in [3.8, 4) is 0 Å². The summed E-state index contributed by atoms with van der Waals surface area (Å²) in [5.41, 5.74) is 0.532. The Bertz CT molecular complexity index is 1070. The number of rotatable bonds is 19. The molecule has 0 saturated heterocycles.